The van der Waals surface area contributed by atoms with Crippen molar-refractivity contribution < 1.29 is 9.53 Å². The van der Waals surface area contributed by atoms with Crippen molar-refractivity contribution in [2.45, 2.75) is 39.9 Å². The van der Waals surface area contributed by atoms with E-state index in [0.717, 1.165) is 18.8 Å². The second-order valence-corrected chi connectivity index (χ2v) is 4.37. The molecule has 0 saturated carbocycles. The van der Waals surface area contributed by atoms with Gasteiger partial charge in [0.15, 0.2) is 5.69 Å². The Morgan fingerprint density at radius 1 is 1.38 bits per heavy atom. The molecule has 2 heterocycles. The Balaban J connectivity index is 2.24. The maximum atomic E-state index is 11.8. The molecule has 0 spiro atoms. The van der Waals surface area contributed by atoms with Gasteiger partial charge in [0.25, 0.3) is 0 Å². The molecular weight excluding hydrogens is 274 g/mol. The van der Waals surface area contributed by atoms with E-state index in [1.54, 1.807) is 16.3 Å². The minimum atomic E-state index is -0.515. The summed E-state index contributed by atoms with van der Waals surface area (Å²) < 4.78 is 8.29. The van der Waals surface area contributed by atoms with Crippen LogP contribution in [0, 0.1) is 0 Å². The third-order valence-electron chi connectivity index (χ3n) is 2.92. The zero-order valence-electron chi connectivity index (χ0n) is 12.2. The largest absolute Gasteiger partial charge is 0.461 e. The van der Waals surface area contributed by atoms with Crippen molar-refractivity contribution in [1.82, 2.24) is 29.8 Å². The lowest BCUT2D eigenvalue weighted by atomic mass is 10.3. The molecule has 9 nitrogen and oxygen atoms in total. The number of nitrogens with two attached hydrogens (primary N) is 1. The van der Waals surface area contributed by atoms with Crippen LogP contribution in [-0.2, 0) is 24.4 Å². The fourth-order valence-corrected chi connectivity index (χ4v) is 1.96. The van der Waals surface area contributed by atoms with Crippen LogP contribution in [-0.4, -0.2) is 42.3 Å². The monoisotopic (exact) mass is 293 g/mol. The van der Waals surface area contributed by atoms with Gasteiger partial charge in [-0.25, -0.2) is 19.1 Å². The van der Waals surface area contributed by atoms with E-state index >= 15 is 0 Å². The first-order valence-electron chi connectivity index (χ1n) is 6.87. The number of aryl methyl sites for hydroxylation is 1. The van der Waals surface area contributed by atoms with Crippen LogP contribution in [0.3, 0.4) is 0 Å². The Hall–Kier alpha value is -2.29. The van der Waals surface area contributed by atoms with E-state index in [1.165, 1.54) is 6.33 Å². The Bertz CT molecular complexity index is 605. The van der Waals surface area contributed by atoms with E-state index in [-0.39, 0.29) is 18.8 Å². The predicted octanol–water partition coefficient (Wildman–Crippen LogP) is -0.0367. The van der Waals surface area contributed by atoms with Gasteiger partial charge in [0.2, 0.25) is 0 Å². The summed E-state index contributed by atoms with van der Waals surface area (Å²) in [5.41, 5.74) is 6.39. The molecule has 0 radical (unpaired) electrons. The first-order chi connectivity index (χ1) is 10.2. The Morgan fingerprint density at radius 3 is 2.86 bits per heavy atom. The van der Waals surface area contributed by atoms with Crippen LogP contribution < -0.4 is 5.73 Å². The van der Waals surface area contributed by atoms with E-state index in [4.69, 9.17) is 10.5 Å². The molecule has 0 aliphatic heterocycles. The van der Waals surface area contributed by atoms with Crippen LogP contribution in [0.2, 0.25) is 0 Å². The average molecular weight is 293 g/mol. The molecule has 2 N–H and O–H groups in total. The highest BCUT2D eigenvalue weighted by Crippen LogP contribution is 2.09. The summed E-state index contributed by atoms with van der Waals surface area (Å²) in [5.74, 6) is 0.228. The molecule has 21 heavy (non-hydrogen) atoms. The molecule has 9 heteroatoms. The fourth-order valence-electron chi connectivity index (χ4n) is 1.96. The lowest BCUT2D eigenvalue weighted by Crippen LogP contribution is -2.17. The zero-order valence-corrected chi connectivity index (χ0v) is 12.2. The van der Waals surface area contributed by atoms with Crippen molar-refractivity contribution >= 4 is 5.97 Å². The molecule has 0 saturated heterocycles. The molecule has 2 rings (SSSR count). The maximum Gasteiger partial charge on any atom is 0.360 e. The van der Waals surface area contributed by atoms with Gasteiger partial charge < -0.3 is 10.5 Å². The summed E-state index contributed by atoms with van der Waals surface area (Å²) in [7, 11) is 0. The normalized spacial score (nSPS) is 10.8. The van der Waals surface area contributed by atoms with E-state index in [2.05, 4.69) is 27.3 Å². The summed E-state index contributed by atoms with van der Waals surface area (Å²) in [5, 5.41) is 12.0. The predicted molar refractivity (Wildman–Crippen MR) is 73.3 cm³/mol. The van der Waals surface area contributed by atoms with E-state index in [1.807, 2.05) is 0 Å². The van der Waals surface area contributed by atoms with Crippen molar-refractivity contribution in [3.05, 3.63) is 23.5 Å². The molecular formula is C12H19N7O2. The van der Waals surface area contributed by atoms with Gasteiger partial charge >= 0.3 is 5.97 Å². The van der Waals surface area contributed by atoms with E-state index in [0.29, 0.717) is 12.2 Å². The second kappa shape index (κ2) is 6.93. The van der Waals surface area contributed by atoms with Gasteiger partial charge in [-0.3, -0.25) is 0 Å². The molecule has 114 valence electrons. The lowest BCUT2D eigenvalue weighted by Gasteiger charge is -2.07. The first kappa shape index (κ1) is 15.1. The molecule has 2 aromatic rings. The second-order valence-electron chi connectivity index (χ2n) is 4.37. The van der Waals surface area contributed by atoms with Crippen LogP contribution in [0.25, 0.3) is 0 Å². The number of carbonyl (C=O) groups excluding carboxylic acids is 1. The van der Waals surface area contributed by atoms with Gasteiger partial charge in [-0.15, -0.1) is 5.10 Å². The number of nitrogens with zero attached hydrogens (tertiary/aromatic N) is 6. The molecule has 0 bridgehead atoms. The number of rotatable bonds is 7. The molecule has 0 aliphatic rings. The first-order valence-corrected chi connectivity index (χ1v) is 6.87. The average Bonchev–Trinajstić information content (AvgIpc) is 3.07. The van der Waals surface area contributed by atoms with E-state index in [9.17, 15) is 4.79 Å². The summed E-state index contributed by atoms with van der Waals surface area (Å²) >= 11 is 0. The summed E-state index contributed by atoms with van der Waals surface area (Å²) in [6.45, 7) is 5.35. The minimum absolute atomic E-state index is 0.142. The van der Waals surface area contributed by atoms with Crippen LogP contribution in [0.5, 0.6) is 0 Å². The molecule has 0 unspecified atom stereocenters. The number of ether oxygens (including phenoxy) is 1. The number of aromatic nitrogens is 6. The molecule has 0 aliphatic carbocycles. The van der Waals surface area contributed by atoms with Gasteiger partial charge in [-0.1, -0.05) is 12.1 Å². The van der Waals surface area contributed by atoms with Gasteiger partial charge in [0, 0.05) is 13.1 Å². The third-order valence-corrected chi connectivity index (χ3v) is 2.92. The Labute approximate surface area is 122 Å². The fraction of sp³-hybridized carbons (Fsp3) is 0.583. The standard InChI is InChI=1S/C12H19N7O2/c1-3-5-18-10(14-8-15-18)7-19-9(6-13)11(16-17-19)12(20)21-4-2/h8H,3-7,13H2,1-2H3. The number of hydrogen-bond donors (Lipinski definition) is 1. The van der Waals surface area contributed by atoms with E-state index < -0.39 is 5.97 Å². The topological polar surface area (TPSA) is 114 Å². The number of esters is 1. The zero-order chi connectivity index (χ0) is 15.2. The SMILES string of the molecule is CCCn1ncnc1Cn1nnc(C(=O)OCC)c1CN. The van der Waals surface area contributed by atoms with Crippen LogP contribution in [0.15, 0.2) is 6.33 Å². The molecule has 2 aromatic heterocycles. The Kier molecular flexibility index (Phi) is 4.99. The summed E-state index contributed by atoms with van der Waals surface area (Å²) in [4.78, 5) is 16.0. The highest BCUT2D eigenvalue weighted by Gasteiger charge is 2.20. The molecule has 0 aromatic carbocycles. The van der Waals surface area contributed by atoms with Crippen molar-refractivity contribution in [2.24, 2.45) is 5.73 Å². The molecule has 0 amide bonds. The molecule has 0 atom stereocenters. The van der Waals surface area contributed by atoms with Crippen LogP contribution in [0.4, 0.5) is 0 Å². The van der Waals surface area contributed by atoms with Gasteiger partial charge in [0.1, 0.15) is 18.7 Å². The maximum absolute atomic E-state index is 11.8. The number of carbonyl (C=O) groups is 1. The number of hydrogen-bond acceptors (Lipinski definition) is 7. The van der Waals surface area contributed by atoms with Crippen LogP contribution >= 0.6 is 0 Å². The molecule has 0 fully saturated rings. The smallest absolute Gasteiger partial charge is 0.360 e. The van der Waals surface area contributed by atoms with Crippen molar-refractivity contribution in [3.8, 4) is 0 Å². The van der Waals surface area contributed by atoms with Gasteiger partial charge in [-0.05, 0) is 13.3 Å². The third kappa shape index (κ3) is 3.24. The van der Waals surface area contributed by atoms with Crippen LogP contribution in [0.1, 0.15) is 42.3 Å². The van der Waals surface area contributed by atoms with Crippen molar-refractivity contribution in [3.63, 3.8) is 0 Å². The quantitative estimate of drug-likeness (QED) is 0.712. The minimum Gasteiger partial charge on any atom is -0.461 e. The highest BCUT2D eigenvalue weighted by molar-refractivity contribution is 5.88. The van der Waals surface area contributed by atoms with Crippen molar-refractivity contribution in [2.75, 3.05) is 6.61 Å². The van der Waals surface area contributed by atoms with Gasteiger partial charge in [0.05, 0.1) is 12.3 Å². The Morgan fingerprint density at radius 2 is 2.19 bits per heavy atom. The lowest BCUT2D eigenvalue weighted by molar-refractivity contribution is 0.0518. The van der Waals surface area contributed by atoms with Crippen molar-refractivity contribution in [1.29, 1.82) is 0 Å². The summed E-state index contributed by atoms with van der Waals surface area (Å²) in [6.07, 6.45) is 2.45. The van der Waals surface area contributed by atoms with Gasteiger partial charge in [-0.2, -0.15) is 5.10 Å². The summed E-state index contributed by atoms with van der Waals surface area (Å²) in [6, 6.07) is 0. The highest BCUT2D eigenvalue weighted by atomic mass is 16.5.